The zero-order chi connectivity index (χ0) is 4.50. The number of hydrogen-bond acceptors (Lipinski definition) is 1. The Kier molecular flexibility index (Phi) is 12.6. The van der Waals surface area contributed by atoms with Gasteiger partial charge in [0.2, 0.25) is 0 Å². The van der Waals surface area contributed by atoms with E-state index in [-0.39, 0.29) is 40.9 Å². The topological polar surface area (TPSA) is 77.8 Å². The van der Waals surface area contributed by atoms with Crippen LogP contribution in [-0.4, -0.2) is 14.7 Å². The van der Waals surface area contributed by atoms with Crippen LogP contribution in [0.3, 0.4) is 0 Å². The summed E-state index contributed by atoms with van der Waals surface area (Å²) in [5, 5.41) is 0. The normalized spacial score (nSPS) is 8.43. The first kappa shape index (κ1) is 15.8. The predicted molar refractivity (Wildman–Crippen MR) is 14.3 cm³/mol. The Labute approximate surface area is 67.9 Å². The smallest absolute Gasteiger partial charge is 0.303 e. The Morgan fingerprint density at radius 2 is 1.14 bits per heavy atom. The van der Waals surface area contributed by atoms with Crippen LogP contribution in [0.15, 0.2) is 0 Å². The van der Waals surface area contributed by atoms with Crippen molar-refractivity contribution in [3.63, 3.8) is 0 Å². The van der Waals surface area contributed by atoms with E-state index in [1.807, 2.05) is 0 Å². The van der Waals surface area contributed by atoms with Gasteiger partial charge < -0.3 is 14.7 Å². The van der Waals surface area contributed by atoms with Gasteiger partial charge in [-0.2, -0.15) is 0 Å². The van der Waals surface area contributed by atoms with Crippen LogP contribution in [0.2, 0.25) is 0 Å². The van der Waals surface area contributed by atoms with E-state index in [2.05, 4.69) is 0 Å². The van der Waals surface area contributed by atoms with Crippen LogP contribution < -0.4 is 0 Å². The summed E-state index contributed by atoms with van der Waals surface area (Å²) >= 11 is 0. The molecule has 0 bridgehead atoms. The third-order valence-electron chi connectivity index (χ3n) is 0. The summed E-state index contributed by atoms with van der Waals surface area (Å²) in [6, 6.07) is 0. The molecule has 0 aliphatic heterocycles. The minimum absolute atomic E-state index is 0. The van der Waals surface area contributed by atoms with Crippen LogP contribution in [0.4, 0.5) is 0 Å². The van der Waals surface area contributed by atoms with Crippen molar-refractivity contribution in [2.45, 2.75) is 0 Å². The summed E-state index contributed by atoms with van der Waals surface area (Å²) in [4.78, 5) is 21.6. The molecule has 4 nitrogen and oxygen atoms in total. The molecule has 0 atom stereocenters. The Bertz CT molecular complexity index is 57.8. The Hall–Kier alpha value is 1.43. The SMILES string of the molecule is O=P(O)(O)O.[Nb].[V]. The third kappa shape index (κ3) is 107. The molecule has 7 heavy (non-hydrogen) atoms. The van der Waals surface area contributed by atoms with E-state index in [4.69, 9.17) is 19.2 Å². The molecular weight excluding hydrogens is 239 g/mol. The van der Waals surface area contributed by atoms with Gasteiger partial charge in [-0.15, -0.1) is 0 Å². The van der Waals surface area contributed by atoms with Crippen molar-refractivity contribution in [2.75, 3.05) is 0 Å². The van der Waals surface area contributed by atoms with Crippen LogP contribution in [0.25, 0.3) is 0 Å². The monoisotopic (exact) mass is 242 g/mol. The largest absolute Gasteiger partial charge is 0.466 e. The molecular formula is H3NbO4PV. The number of rotatable bonds is 0. The molecule has 0 amide bonds. The second-order valence-corrected chi connectivity index (χ2v) is 1.54. The van der Waals surface area contributed by atoms with E-state index in [1.54, 1.807) is 0 Å². The summed E-state index contributed by atoms with van der Waals surface area (Å²) in [5.74, 6) is 0. The quantitative estimate of drug-likeness (QED) is 0.378. The number of hydrogen-bond donors (Lipinski definition) is 3. The first-order valence-corrected chi connectivity index (χ1v) is 2.35. The molecule has 0 unspecified atom stereocenters. The molecule has 0 saturated heterocycles. The second kappa shape index (κ2) is 5.57. The van der Waals surface area contributed by atoms with Crippen molar-refractivity contribution in [2.24, 2.45) is 0 Å². The molecule has 0 fully saturated rings. The molecule has 2 radical (unpaired) electrons. The minimum atomic E-state index is -4.64. The van der Waals surface area contributed by atoms with Gasteiger partial charge in [0.05, 0.1) is 0 Å². The Morgan fingerprint density at radius 1 is 1.14 bits per heavy atom. The average molecular weight is 242 g/mol. The fourth-order valence-corrected chi connectivity index (χ4v) is 0. The first-order chi connectivity index (χ1) is 2.00. The van der Waals surface area contributed by atoms with Crippen LogP contribution in [0.5, 0.6) is 0 Å². The molecule has 0 aromatic carbocycles. The van der Waals surface area contributed by atoms with E-state index >= 15 is 0 Å². The Balaban J connectivity index is -0.0000000800. The maximum Gasteiger partial charge on any atom is 0.466 e. The zero-order valence-electron chi connectivity index (χ0n) is 3.09. The summed E-state index contributed by atoms with van der Waals surface area (Å²) in [6.07, 6.45) is 0. The zero-order valence-corrected chi connectivity index (χ0v) is 7.58. The fraction of sp³-hybridized carbons (Fsp3) is 0. The summed E-state index contributed by atoms with van der Waals surface area (Å²) < 4.78 is 8.88. The van der Waals surface area contributed by atoms with E-state index < -0.39 is 7.82 Å². The summed E-state index contributed by atoms with van der Waals surface area (Å²) in [6.45, 7) is 0. The van der Waals surface area contributed by atoms with Gasteiger partial charge in [0.25, 0.3) is 0 Å². The van der Waals surface area contributed by atoms with E-state index in [9.17, 15) is 0 Å². The van der Waals surface area contributed by atoms with E-state index in [0.717, 1.165) is 0 Å². The van der Waals surface area contributed by atoms with E-state index in [1.165, 1.54) is 0 Å². The molecule has 0 saturated carbocycles. The van der Waals surface area contributed by atoms with Crippen molar-refractivity contribution < 1.29 is 60.2 Å². The van der Waals surface area contributed by atoms with Gasteiger partial charge in [0.15, 0.2) is 0 Å². The number of phosphoric acid groups is 1. The molecule has 0 aliphatic carbocycles. The molecule has 0 aliphatic rings. The maximum atomic E-state index is 8.88. The molecule has 42 valence electrons. The maximum absolute atomic E-state index is 8.88. The van der Waals surface area contributed by atoms with Crippen LogP contribution in [0, 0.1) is 0 Å². The van der Waals surface area contributed by atoms with Crippen LogP contribution in [-0.2, 0) is 45.5 Å². The van der Waals surface area contributed by atoms with E-state index in [0.29, 0.717) is 0 Å². The van der Waals surface area contributed by atoms with Gasteiger partial charge in [-0.05, 0) is 0 Å². The van der Waals surface area contributed by atoms with Gasteiger partial charge in [-0.25, -0.2) is 4.57 Å². The minimum Gasteiger partial charge on any atom is -0.303 e. The molecule has 0 spiro atoms. The second-order valence-electron chi connectivity index (χ2n) is 0.513. The molecule has 0 aromatic heterocycles. The van der Waals surface area contributed by atoms with Crippen molar-refractivity contribution in [3.8, 4) is 0 Å². The van der Waals surface area contributed by atoms with Gasteiger partial charge in [0.1, 0.15) is 0 Å². The predicted octanol–water partition coefficient (Wildman–Crippen LogP) is -0.934. The van der Waals surface area contributed by atoms with Crippen molar-refractivity contribution >= 4 is 7.82 Å². The molecule has 3 N–H and O–H groups in total. The van der Waals surface area contributed by atoms with Crippen LogP contribution in [0.1, 0.15) is 0 Å². The first-order valence-electron chi connectivity index (χ1n) is 0.783. The summed E-state index contributed by atoms with van der Waals surface area (Å²) in [5.41, 5.74) is 0. The standard InChI is InChI=1S/Nb.H3O4P.V/c;1-5(2,3)4;/h;(H3,1,2,3,4);. The third-order valence-corrected chi connectivity index (χ3v) is 0. The Morgan fingerprint density at radius 3 is 1.14 bits per heavy atom. The van der Waals surface area contributed by atoms with Crippen molar-refractivity contribution in [1.82, 2.24) is 0 Å². The molecule has 0 aromatic rings. The van der Waals surface area contributed by atoms with Gasteiger partial charge >= 0.3 is 7.82 Å². The van der Waals surface area contributed by atoms with Gasteiger partial charge in [-0.3, -0.25) is 0 Å². The molecule has 7 heteroatoms. The average Bonchev–Trinajstić information content (AvgIpc) is 0.722. The summed E-state index contributed by atoms with van der Waals surface area (Å²) in [7, 11) is -4.64. The van der Waals surface area contributed by atoms with Gasteiger partial charge in [0, 0.05) is 40.9 Å². The van der Waals surface area contributed by atoms with Crippen molar-refractivity contribution in [3.05, 3.63) is 0 Å². The fourth-order valence-electron chi connectivity index (χ4n) is 0. The molecule has 0 heterocycles. The van der Waals surface area contributed by atoms with Crippen molar-refractivity contribution in [1.29, 1.82) is 0 Å². The van der Waals surface area contributed by atoms with Gasteiger partial charge in [-0.1, -0.05) is 0 Å². The molecule has 0 rings (SSSR count). The van der Waals surface area contributed by atoms with Crippen LogP contribution >= 0.6 is 7.82 Å².